The summed E-state index contributed by atoms with van der Waals surface area (Å²) in [5.41, 5.74) is 0.467. The van der Waals surface area contributed by atoms with E-state index in [2.05, 4.69) is 15.4 Å². The first-order chi connectivity index (χ1) is 15.1. The Morgan fingerprint density at radius 1 is 1.32 bits per heavy atom. The van der Waals surface area contributed by atoms with Crippen LogP contribution in [0.2, 0.25) is 0 Å². The minimum atomic E-state index is -0.693. The van der Waals surface area contributed by atoms with E-state index in [0.717, 1.165) is 32.1 Å². The zero-order chi connectivity index (χ0) is 21.8. The van der Waals surface area contributed by atoms with Crippen molar-refractivity contribution in [2.24, 2.45) is 5.92 Å². The molecule has 9 heteroatoms. The number of carbonyl (C=O) groups excluding carboxylic acids is 1. The summed E-state index contributed by atoms with van der Waals surface area (Å²) in [5, 5.41) is 14.6. The van der Waals surface area contributed by atoms with E-state index in [-0.39, 0.29) is 17.0 Å². The number of halogens is 1. The highest BCUT2D eigenvalue weighted by molar-refractivity contribution is 5.93. The van der Waals surface area contributed by atoms with Gasteiger partial charge in [-0.15, -0.1) is 0 Å². The highest BCUT2D eigenvalue weighted by Crippen LogP contribution is 2.19. The summed E-state index contributed by atoms with van der Waals surface area (Å²) in [7, 11) is 0. The Hall–Kier alpha value is -3.77. The number of carbonyl (C=O) groups is 1. The number of pyridine rings is 1. The lowest BCUT2D eigenvalue weighted by Crippen LogP contribution is -2.32. The molecule has 4 rings (SSSR count). The second kappa shape index (κ2) is 8.93. The molecule has 0 spiro atoms. The van der Waals surface area contributed by atoms with E-state index in [9.17, 15) is 14.0 Å². The number of hydrogen-bond acceptors (Lipinski definition) is 5. The number of nitriles is 1. The number of aromatic amines is 1. The average molecular weight is 421 g/mol. The van der Waals surface area contributed by atoms with Crippen LogP contribution < -0.4 is 10.9 Å². The van der Waals surface area contributed by atoms with Crippen molar-refractivity contribution in [3.8, 4) is 23.0 Å². The lowest BCUT2D eigenvalue weighted by atomic mass is 10.0. The molecule has 1 aliphatic rings. The van der Waals surface area contributed by atoms with Gasteiger partial charge in [-0.3, -0.25) is 14.7 Å². The molecule has 1 aromatic carbocycles. The summed E-state index contributed by atoms with van der Waals surface area (Å²) in [6, 6.07) is 8.88. The maximum absolute atomic E-state index is 13.9. The molecule has 3 heterocycles. The van der Waals surface area contributed by atoms with E-state index >= 15 is 0 Å². The summed E-state index contributed by atoms with van der Waals surface area (Å²) in [6.45, 7) is 2.03. The van der Waals surface area contributed by atoms with Crippen LogP contribution in [0.4, 0.5) is 4.39 Å². The summed E-state index contributed by atoms with van der Waals surface area (Å²) in [4.78, 5) is 29.3. The number of nitrogens with one attached hydrogen (secondary N) is 2. The minimum Gasteiger partial charge on any atom is -0.381 e. The van der Waals surface area contributed by atoms with Gasteiger partial charge in [0.1, 0.15) is 11.9 Å². The van der Waals surface area contributed by atoms with E-state index in [1.54, 1.807) is 18.2 Å². The molecular formula is C22H20FN5O3. The van der Waals surface area contributed by atoms with Crippen molar-refractivity contribution in [2.45, 2.75) is 12.8 Å². The van der Waals surface area contributed by atoms with Gasteiger partial charge in [0, 0.05) is 32.2 Å². The summed E-state index contributed by atoms with van der Waals surface area (Å²) >= 11 is 0. The number of nitrogens with zero attached hydrogens (tertiary/aromatic N) is 3. The van der Waals surface area contributed by atoms with Crippen LogP contribution in [0.3, 0.4) is 0 Å². The number of hydrogen-bond donors (Lipinski definition) is 2. The maximum Gasteiger partial charge on any atom is 0.280 e. The zero-order valence-corrected chi connectivity index (χ0v) is 16.6. The van der Waals surface area contributed by atoms with Gasteiger partial charge in [-0.2, -0.15) is 5.26 Å². The Balaban J connectivity index is 1.48. The third-order valence-corrected chi connectivity index (χ3v) is 5.30. The topological polar surface area (TPSA) is 113 Å². The van der Waals surface area contributed by atoms with Gasteiger partial charge in [-0.1, -0.05) is 6.07 Å². The smallest absolute Gasteiger partial charge is 0.280 e. The normalized spacial score (nSPS) is 14.2. The van der Waals surface area contributed by atoms with Crippen molar-refractivity contribution in [2.75, 3.05) is 19.8 Å². The van der Waals surface area contributed by atoms with Crippen LogP contribution in [0.25, 0.3) is 16.9 Å². The van der Waals surface area contributed by atoms with Crippen LogP contribution in [-0.4, -0.2) is 40.4 Å². The van der Waals surface area contributed by atoms with Gasteiger partial charge in [0.25, 0.3) is 11.5 Å². The second-order valence-corrected chi connectivity index (χ2v) is 7.30. The molecule has 1 saturated heterocycles. The molecule has 1 amide bonds. The summed E-state index contributed by atoms with van der Waals surface area (Å²) in [5.74, 6) is -0.209. The molecule has 0 bridgehead atoms. The maximum atomic E-state index is 13.9. The van der Waals surface area contributed by atoms with Crippen LogP contribution in [-0.2, 0) is 4.74 Å². The fraction of sp³-hybridized carbons (Fsp3) is 0.273. The number of aromatic nitrogens is 3. The first-order valence-corrected chi connectivity index (χ1v) is 9.89. The van der Waals surface area contributed by atoms with Crippen molar-refractivity contribution < 1.29 is 13.9 Å². The van der Waals surface area contributed by atoms with Gasteiger partial charge in [-0.05, 0) is 48.6 Å². The van der Waals surface area contributed by atoms with Crippen molar-refractivity contribution >= 4 is 5.91 Å². The highest BCUT2D eigenvalue weighted by atomic mass is 19.1. The average Bonchev–Trinajstić information content (AvgIpc) is 3.19. The largest absolute Gasteiger partial charge is 0.381 e. The van der Waals surface area contributed by atoms with Crippen LogP contribution in [0, 0.1) is 23.1 Å². The summed E-state index contributed by atoms with van der Waals surface area (Å²) in [6.07, 6.45) is 4.71. The second-order valence-electron chi connectivity index (χ2n) is 7.30. The zero-order valence-electron chi connectivity index (χ0n) is 16.6. The minimum absolute atomic E-state index is 0.0908. The first kappa shape index (κ1) is 20.5. The molecule has 0 radical (unpaired) electrons. The predicted octanol–water partition coefficient (Wildman–Crippen LogP) is 2.39. The van der Waals surface area contributed by atoms with Crippen molar-refractivity contribution in [1.82, 2.24) is 20.1 Å². The Morgan fingerprint density at radius 2 is 2.13 bits per heavy atom. The molecule has 1 aliphatic heterocycles. The fourth-order valence-electron chi connectivity index (χ4n) is 3.46. The van der Waals surface area contributed by atoms with Crippen LogP contribution >= 0.6 is 0 Å². The van der Waals surface area contributed by atoms with Crippen molar-refractivity contribution in [3.63, 3.8) is 0 Å². The number of rotatable bonds is 5. The summed E-state index contributed by atoms with van der Waals surface area (Å²) < 4.78 is 20.4. The molecule has 2 N–H and O–H groups in total. The quantitative estimate of drug-likeness (QED) is 0.657. The molecule has 0 unspecified atom stereocenters. The molecule has 1 fully saturated rings. The van der Waals surface area contributed by atoms with Crippen LogP contribution in [0.15, 0.2) is 47.5 Å². The monoisotopic (exact) mass is 421 g/mol. The molecule has 0 saturated carbocycles. The highest BCUT2D eigenvalue weighted by Gasteiger charge is 2.16. The van der Waals surface area contributed by atoms with E-state index in [1.165, 1.54) is 29.2 Å². The van der Waals surface area contributed by atoms with E-state index in [1.807, 2.05) is 0 Å². The Kier molecular flexibility index (Phi) is 5.91. The fourth-order valence-corrected chi connectivity index (χ4v) is 3.46. The lowest BCUT2D eigenvalue weighted by Gasteiger charge is -2.22. The number of ether oxygens (including phenoxy) is 1. The number of amides is 1. The molecule has 31 heavy (non-hydrogen) atoms. The van der Waals surface area contributed by atoms with Crippen molar-refractivity contribution in [3.05, 3.63) is 70.0 Å². The van der Waals surface area contributed by atoms with Gasteiger partial charge in [-0.25, -0.2) is 14.1 Å². The molecule has 2 aromatic heterocycles. The molecule has 0 aliphatic carbocycles. The standard InChI is InChI=1S/C22H20FN5O3/c23-19-9-15(1-2-16(19)10-24)18-13-27-28(22(18)30)20-4-3-17(12-25-20)21(29)26-11-14-5-7-31-8-6-14/h1-4,9,12-14,27H,5-8,11H2,(H,26,29). The van der Waals surface area contributed by atoms with Gasteiger partial charge in [0.15, 0.2) is 5.82 Å². The Morgan fingerprint density at radius 3 is 2.81 bits per heavy atom. The molecule has 0 atom stereocenters. The lowest BCUT2D eigenvalue weighted by molar-refractivity contribution is 0.0642. The predicted molar refractivity (Wildman–Crippen MR) is 110 cm³/mol. The molecular weight excluding hydrogens is 401 g/mol. The molecule has 8 nitrogen and oxygen atoms in total. The van der Waals surface area contributed by atoms with E-state index in [4.69, 9.17) is 10.00 Å². The molecule has 3 aromatic rings. The van der Waals surface area contributed by atoms with Gasteiger partial charge in [0.2, 0.25) is 0 Å². The first-order valence-electron chi connectivity index (χ1n) is 9.89. The van der Waals surface area contributed by atoms with Crippen LogP contribution in [0.1, 0.15) is 28.8 Å². The third-order valence-electron chi connectivity index (χ3n) is 5.30. The van der Waals surface area contributed by atoms with Gasteiger partial charge >= 0.3 is 0 Å². The van der Waals surface area contributed by atoms with Crippen LogP contribution in [0.5, 0.6) is 0 Å². The third kappa shape index (κ3) is 4.39. The van der Waals surface area contributed by atoms with Crippen molar-refractivity contribution in [1.29, 1.82) is 5.26 Å². The SMILES string of the molecule is N#Cc1ccc(-c2c[nH]n(-c3ccc(C(=O)NCC4CCOCC4)cn3)c2=O)cc1F. The van der Waals surface area contributed by atoms with Gasteiger partial charge < -0.3 is 10.1 Å². The molecule has 158 valence electrons. The Bertz CT molecular complexity index is 1190. The van der Waals surface area contributed by atoms with Gasteiger partial charge in [0.05, 0.1) is 16.7 Å². The van der Waals surface area contributed by atoms with E-state index < -0.39 is 11.4 Å². The number of benzene rings is 1. The Labute approximate surface area is 177 Å². The van der Waals surface area contributed by atoms with E-state index in [0.29, 0.717) is 29.4 Å². The number of H-pyrrole nitrogens is 1.